The highest BCUT2D eigenvalue weighted by Crippen LogP contribution is 2.27. The Morgan fingerprint density at radius 2 is 1.79 bits per heavy atom. The largest absolute Gasteiger partial charge is 0.439 e. The third-order valence-electron chi connectivity index (χ3n) is 4.94. The van der Waals surface area contributed by atoms with Gasteiger partial charge in [0, 0.05) is 16.8 Å². The average molecular weight is 485 g/mol. The van der Waals surface area contributed by atoms with Gasteiger partial charge in [-0.05, 0) is 55.5 Å². The van der Waals surface area contributed by atoms with Crippen LogP contribution in [0.5, 0.6) is 0 Å². The molecule has 0 aliphatic carbocycles. The summed E-state index contributed by atoms with van der Waals surface area (Å²) in [5.41, 5.74) is 0.999. The van der Waals surface area contributed by atoms with Crippen molar-refractivity contribution in [2.45, 2.75) is 23.5 Å². The molecule has 0 aliphatic rings. The number of rotatable bonds is 6. The SMILES string of the molecule is Cc1ccc(S(=O)(=O)c2ccc(C(=O)N(Cc3c(F)cccc3Cl)c3ccccn3)o2)cc1. The third kappa shape index (κ3) is 4.67. The zero-order chi connectivity index (χ0) is 23.6. The summed E-state index contributed by atoms with van der Waals surface area (Å²) in [5, 5.41) is -0.231. The molecular formula is C24H18ClFN2O4S. The van der Waals surface area contributed by atoms with Crippen molar-refractivity contribution in [2.24, 2.45) is 0 Å². The quantitative estimate of drug-likeness (QED) is 0.363. The van der Waals surface area contributed by atoms with Crippen LogP contribution in [0.25, 0.3) is 0 Å². The van der Waals surface area contributed by atoms with Crippen molar-refractivity contribution in [1.29, 1.82) is 0 Å². The molecule has 0 saturated heterocycles. The molecule has 4 rings (SSSR count). The van der Waals surface area contributed by atoms with Gasteiger partial charge in [0.05, 0.1) is 11.4 Å². The number of benzene rings is 2. The van der Waals surface area contributed by atoms with Crippen LogP contribution in [-0.2, 0) is 16.4 Å². The molecule has 0 saturated carbocycles. The molecule has 4 aromatic rings. The standard InChI is InChI=1S/C24H18ClFN2O4S/c1-16-8-10-17(11-9-16)33(30,31)23-13-12-21(32-23)24(29)28(22-7-2-3-14-27-22)15-18-19(25)5-4-6-20(18)26/h2-14H,15H2,1H3. The number of sulfone groups is 1. The maximum atomic E-state index is 14.4. The van der Waals surface area contributed by atoms with Crippen LogP contribution < -0.4 is 4.90 Å². The molecule has 6 nitrogen and oxygen atoms in total. The lowest BCUT2D eigenvalue weighted by Crippen LogP contribution is -2.31. The number of furan rings is 1. The lowest BCUT2D eigenvalue weighted by Gasteiger charge is -2.21. The van der Waals surface area contributed by atoms with E-state index < -0.39 is 21.6 Å². The zero-order valence-electron chi connectivity index (χ0n) is 17.4. The minimum absolute atomic E-state index is 0.0427. The number of aromatic nitrogens is 1. The summed E-state index contributed by atoms with van der Waals surface area (Å²) in [6.45, 7) is 1.61. The van der Waals surface area contributed by atoms with E-state index in [1.165, 1.54) is 53.6 Å². The van der Waals surface area contributed by atoms with Crippen molar-refractivity contribution in [3.63, 3.8) is 0 Å². The second kappa shape index (κ2) is 9.17. The fourth-order valence-electron chi connectivity index (χ4n) is 3.16. The van der Waals surface area contributed by atoms with Crippen LogP contribution in [0.15, 0.2) is 93.4 Å². The average Bonchev–Trinajstić information content (AvgIpc) is 3.31. The molecule has 0 aliphatic heterocycles. The Kier molecular flexibility index (Phi) is 6.31. The number of carbonyl (C=O) groups excluding carboxylic acids is 1. The molecule has 168 valence electrons. The molecule has 2 heterocycles. The first kappa shape index (κ1) is 22.7. The van der Waals surface area contributed by atoms with E-state index in [1.54, 1.807) is 30.3 Å². The molecule has 9 heteroatoms. The monoisotopic (exact) mass is 484 g/mol. The van der Waals surface area contributed by atoms with Crippen LogP contribution in [0.3, 0.4) is 0 Å². The summed E-state index contributed by atoms with van der Waals surface area (Å²) in [6.07, 6.45) is 1.48. The number of nitrogens with zero attached hydrogens (tertiary/aromatic N) is 2. The smallest absolute Gasteiger partial charge is 0.295 e. The Labute approximate surface area is 195 Å². The first-order valence-corrected chi connectivity index (χ1v) is 11.7. The molecule has 0 atom stereocenters. The van der Waals surface area contributed by atoms with Gasteiger partial charge in [-0.2, -0.15) is 0 Å². The van der Waals surface area contributed by atoms with Crippen molar-refractivity contribution in [3.05, 3.63) is 107 Å². The van der Waals surface area contributed by atoms with Gasteiger partial charge in [0.1, 0.15) is 11.6 Å². The van der Waals surface area contributed by atoms with Gasteiger partial charge in [-0.15, -0.1) is 0 Å². The van der Waals surface area contributed by atoms with Crippen molar-refractivity contribution >= 4 is 33.2 Å². The van der Waals surface area contributed by atoms with Gasteiger partial charge in [-0.25, -0.2) is 17.8 Å². The molecule has 2 aromatic carbocycles. The summed E-state index contributed by atoms with van der Waals surface area (Å²) in [6, 6.07) is 17.9. The van der Waals surface area contributed by atoms with E-state index in [1.807, 2.05) is 6.92 Å². The van der Waals surface area contributed by atoms with Crippen LogP contribution in [-0.4, -0.2) is 19.3 Å². The van der Waals surface area contributed by atoms with E-state index in [0.717, 1.165) is 5.56 Å². The van der Waals surface area contributed by atoms with Gasteiger partial charge in [0.25, 0.3) is 5.91 Å². The second-order valence-electron chi connectivity index (χ2n) is 7.21. The van der Waals surface area contributed by atoms with Gasteiger partial charge in [0.2, 0.25) is 14.9 Å². The minimum atomic E-state index is -3.97. The summed E-state index contributed by atoms with van der Waals surface area (Å²) in [4.78, 5) is 18.7. The van der Waals surface area contributed by atoms with Gasteiger partial charge < -0.3 is 4.42 Å². The highest BCUT2D eigenvalue weighted by molar-refractivity contribution is 7.91. The van der Waals surface area contributed by atoms with Gasteiger partial charge in [-0.1, -0.05) is 41.4 Å². The Bertz CT molecular complexity index is 1380. The molecule has 0 bridgehead atoms. The van der Waals surface area contributed by atoms with Crippen molar-refractivity contribution in [1.82, 2.24) is 4.98 Å². The van der Waals surface area contributed by atoms with Crippen LogP contribution >= 0.6 is 11.6 Å². The van der Waals surface area contributed by atoms with E-state index in [2.05, 4.69) is 4.98 Å². The number of halogens is 2. The number of amides is 1. The van der Waals surface area contributed by atoms with Crippen LogP contribution in [0.1, 0.15) is 21.7 Å². The molecule has 2 aromatic heterocycles. The molecule has 0 spiro atoms. The Balaban J connectivity index is 1.70. The number of hydrogen-bond acceptors (Lipinski definition) is 5. The van der Waals surface area contributed by atoms with Crippen molar-refractivity contribution in [3.8, 4) is 0 Å². The number of carbonyl (C=O) groups is 1. The second-order valence-corrected chi connectivity index (χ2v) is 9.50. The first-order valence-electron chi connectivity index (χ1n) is 9.85. The Hall–Kier alpha value is -3.49. The molecule has 33 heavy (non-hydrogen) atoms. The fraction of sp³-hybridized carbons (Fsp3) is 0.0833. The van der Waals surface area contributed by atoms with Crippen LogP contribution in [0.4, 0.5) is 10.2 Å². The summed E-state index contributed by atoms with van der Waals surface area (Å²) < 4.78 is 45.7. The number of pyridine rings is 1. The molecule has 0 fully saturated rings. The molecule has 0 radical (unpaired) electrons. The summed E-state index contributed by atoms with van der Waals surface area (Å²) in [5.74, 6) is -1.29. The maximum Gasteiger partial charge on any atom is 0.295 e. The van der Waals surface area contributed by atoms with Crippen LogP contribution in [0, 0.1) is 12.7 Å². The number of hydrogen-bond donors (Lipinski definition) is 0. The van der Waals surface area contributed by atoms with Crippen molar-refractivity contribution in [2.75, 3.05) is 4.90 Å². The summed E-state index contributed by atoms with van der Waals surface area (Å²) >= 11 is 6.15. The Morgan fingerprint density at radius 1 is 1.03 bits per heavy atom. The van der Waals surface area contributed by atoms with Gasteiger partial charge in [-0.3, -0.25) is 9.69 Å². The van der Waals surface area contributed by atoms with E-state index in [4.69, 9.17) is 16.0 Å². The molecular weight excluding hydrogens is 467 g/mol. The van der Waals surface area contributed by atoms with E-state index in [9.17, 15) is 17.6 Å². The van der Waals surface area contributed by atoms with E-state index in [-0.39, 0.29) is 38.7 Å². The highest BCUT2D eigenvalue weighted by Gasteiger charge is 2.28. The zero-order valence-corrected chi connectivity index (χ0v) is 19.0. The molecule has 1 amide bonds. The third-order valence-corrected chi connectivity index (χ3v) is 6.93. The molecule has 0 N–H and O–H groups in total. The predicted octanol–water partition coefficient (Wildman–Crippen LogP) is 5.46. The summed E-state index contributed by atoms with van der Waals surface area (Å²) in [7, 11) is -3.97. The lowest BCUT2D eigenvalue weighted by molar-refractivity contribution is 0.0952. The number of anilines is 1. The van der Waals surface area contributed by atoms with Crippen LogP contribution in [0.2, 0.25) is 5.02 Å². The lowest BCUT2D eigenvalue weighted by atomic mass is 10.2. The van der Waals surface area contributed by atoms with Gasteiger partial charge >= 0.3 is 0 Å². The number of aryl methyl sites for hydroxylation is 1. The van der Waals surface area contributed by atoms with E-state index in [0.29, 0.717) is 0 Å². The van der Waals surface area contributed by atoms with E-state index >= 15 is 0 Å². The molecule has 0 unspecified atom stereocenters. The fourth-order valence-corrected chi connectivity index (χ4v) is 4.55. The topological polar surface area (TPSA) is 80.5 Å². The highest BCUT2D eigenvalue weighted by atomic mass is 35.5. The van der Waals surface area contributed by atoms with Crippen molar-refractivity contribution < 1.29 is 22.0 Å². The normalized spacial score (nSPS) is 11.4. The van der Waals surface area contributed by atoms with Gasteiger partial charge in [0.15, 0.2) is 5.76 Å². The predicted molar refractivity (Wildman–Crippen MR) is 121 cm³/mol. The Morgan fingerprint density at radius 3 is 2.45 bits per heavy atom. The first-order chi connectivity index (χ1) is 15.8. The minimum Gasteiger partial charge on any atom is -0.439 e. The maximum absolute atomic E-state index is 14.4.